The Hall–Kier alpha value is -3.57. The van der Waals surface area contributed by atoms with Crippen LogP contribution in [0.1, 0.15) is 43.4 Å². The van der Waals surface area contributed by atoms with Crippen molar-refractivity contribution >= 4 is 39.1 Å². The van der Waals surface area contributed by atoms with Gasteiger partial charge < -0.3 is 10.2 Å². The molecule has 1 unspecified atom stereocenters. The smallest absolute Gasteiger partial charge is 0.352 e. The first-order chi connectivity index (χ1) is 20.1. The molecule has 0 fully saturated rings. The molecule has 12 heteroatoms. The standard InChI is InChI=1S/C31H35ClF3N3O4S/c1-22(2)36-30(40)28(19-23-10-5-4-6-11-23)37(21-24-12-7-14-26(32)18-24)29(39)16-9-17-38(43(3,41)42)27-15-8-13-25(20-27)31(33,34)35/h4-8,10-15,18,20,22,28H,9,16-17,19,21H2,1-3H3,(H,36,40). The van der Waals surface area contributed by atoms with Crippen LogP contribution in [0.3, 0.4) is 0 Å². The molecule has 232 valence electrons. The number of hydrogen-bond donors (Lipinski definition) is 1. The SMILES string of the molecule is CC(C)NC(=O)C(Cc1ccccc1)N(Cc1cccc(Cl)c1)C(=O)CCCN(c1cccc(C(F)(F)F)c1)S(C)(=O)=O. The fraction of sp³-hybridized carbons (Fsp3) is 0.355. The molecule has 0 aliphatic rings. The Bertz CT molecular complexity index is 1500. The van der Waals surface area contributed by atoms with Gasteiger partial charge in [0.05, 0.1) is 17.5 Å². The van der Waals surface area contributed by atoms with E-state index in [0.29, 0.717) is 10.6 Å². The molecule has 43 heavy (non-hydrogen) atoms. The van der Waals surface area contributed by atoms with Crippen molar-refractivity contribution in [2.24, 2.45) is 0 Å². The van der Waals surface area contributed by atoms with Gasteiger partial charge in [-0.1, -0.05) is 60.1 Å². The molecule has 0 heterocycles. The second-order valence-corrected chi connectivity index (χ2v) is 12.9. The van der Waals surface area contributed by atoms with Gasteiger partial charge in [0.15, 0.2) is 0 Å². The van der Waals surface area contributed by atoms with Gasteiger partial charge in [-0.3, -0.25) is 13.9 Å². The van der Waals surface area contributed by atoms with E-state index in [9.17, 15) is 31.2 Å². The Morgan fingerprint density at radius 1 is 0.930 bits per heavy atom. The number of sulfonamides is 1. The summed E-state index contributed by atoms with van der Waals surface area (Å²) in [5.74, 6) is -0.770. The molecular formula is C31H35ClF3N3O4S. The lowest BCUT2D eigenvalue weighted by Gasteiger charge is -2.32. The number of nitrogens with zero attached hydrogens (tertiary/aromatic N) is 2. The zero-order valence-electron chi connectivity index (χ0n) is 24.1. The zero-order valence-corrected chi connectivity index (χ0v) is 25.7. The van der Waals surface area contributed by atoms with Crippen LogP contribution in [-0.4, -0.2) is 50.0 Å². The first-order valence-corrected chi connectivity index (χ1v) is 15.9. The van der Waals surface area contributed by atoms with Crippen LogP contribution in [0.5, 0.6) is 0 Å². The van der Waals surface area contributed by atoms with Crippen molar-refractivity contribution in [2.75, 3.05) is 17.1 Å². The first kappa shape index (κ1) is 33.9. The maximum atomic E-state index is 13.8. The molecular weight excluding hydrogens is 603 g/mol. The monoisotopic (exact) mass is 637 g/mol. The van der Waals surface area contributed by atoms with E-state index >= 15 is 0 Å². The Balaban J connectivity index is 1.90. The molecule has 7 nitrogen and oxygen atoms in total. The summed E-state index contributed by atoms with van der Waals surface area (Å²) in [5, 5.41) is 3.35. The molecule has 0 saturated carbocycles. The number of rotatable bonds is 13. The number of alkyl halides is 3. The molecule has 0 radical (unpaired) electrons. The predicted octanol–water partition coefficient (Wildman–Crippen LogP) is 6.07. The predicted molar refractivity (Wildman–Crippen MR) is 162 cm³/mol. The summed E-state index contributed by atoms with van der Waals surface area (Å²) >= 11 is 6.19. The van der Waals surface area contributed by atoms with Crippen LogP contribution in [0.2, 0.25) is 5.02 Å². The molecule has 0 spiro atoms. The van der Waals surface area contributed by atoms with Crippen LogP contribution < -0.4 is 9.62 Å². The van der Waals surface area contributed by atoms with Crippen molar-refractivity contribution in [3.63, 3.8) is 0 Å². The molecule has 3 aromatic carbocycles. The van der Waals surface area contributed by atoms with E-state index < -0.39 is 33.7 Å². The molecule has 2 amide bonds. The van der Waals surface area contributed by atoms with Crippen molar-refractivity contribution in [3.8, 4) is 0 Å². The van der Waals surface area contributed by atoms with Gasteiger partial charge in [-0.05, 0) is 61.7 Å². The molecule has 3 aromatic rings. The molecule has 1 atom stereocenters. The third-order valence-corrected chi connectivity index (χ3v) is 7.99. The first-order valence-electron chi connectivity index (χ1n) is 13.7. The van der Waals surface area contributed by atoms with Gasteiger partial charge in [-0.25, -0.2) is 8.42 Å². The van der Waals surface area contributed by atoms with Gasteiger partial charge >= 0.3 is 6.18 Å². The number of anilines is 1. The van der Waals surface area contributed by atoms with Crippen LogP contribution in [0.4, 0.5) is 18.9 Å². The average Bonchev–Trinajstić information content (AvgIpc) is 2.92. The van der Waals surface area contributed by atoms with E-state index in [1.165, 1.54) is 11.0 Å². The number of amides is 2. The zero-order chi connectivity index (χ0) is 31.8. The van der Waals surface area contributed by atoms with Crippen molar-refractivity contribution in [1.29, 1.82) is 0 Å². The number of hydrogen-bond acceptors (Lipinski definition) is 4. The van der Waals surface area contributed by atoms with Gasteiger partial charge in [0.2, 0.25) is 21.8 Å². The summed E-state index contributed by atoms with van der Waals surface area (Å²) < 4.78 is 65.9. The van der Waals surface area contributed by atoms with Crippen LogP contribution in [0.15, 0.2) is 78.9 Å². The molecule has 1 N–H and O–H groups in total. The van der Waals surface area contributed by atoms with Crippen LogP contribution >= 0.6 is 11.6 Å². The lowest BCUT2D eigenvalue weighted by atomic mass is 10.0. The summed E-state index contributed by atoms with van der Waals surface area (Å²) in [7, 11) is -3.97. The fourth-order valence-electron chi connectivity index (χ4n) is 4.61. The van der Waals surface area contributed by atoms with E-state index in [2.05, 4.69) is 5.32 Å². The van der Waals surface area contributed by atoms with Gasteiger partial charge in [-0.2, -0.15) is 13.2 Å². The highest BCUT2D eigenvalue weighted by Gasteiger charge is 2.33. The maximum Gasteiger partial charge on any atom is 0.416 e. The highest BCUT2D eigenvalue weighted by molar-refractivity contribution is 7.92. The maximum absolute atomic E-state index is 13.8. The summed E-state index contributed by atoms with van der Waals surface area (Å²) in [5.41, 5.74) is 0.391. The lowest BCUT2D eigenvalue weighted by molar-refractivity contribution is -0.141. The quantitative estimate of drug-likeness (QED) is 0.247. The molecule has 0 aromatic heterocycles. The average molecular weight is 638 g/mol. The summed E-state index contributed by atoms with van der Waals surface area (Å²) in [6.45, 7) is 3.45. The molecule has 0 bridgehead atoms. The summed E-state index contributed by atoms with van der Waals surface area (Å²) in [6, 6.07) is 19.1. The molecule has 0 saturated heterocycles. The number of carbonyl (C=O) groups excluding carboxylic acids is 2. The third kappa shape index (κ3) is 10.3. The summed E-state index contributed by atoms with van der Waals surface area (Å²) in [6.07, 6.45) is -3.69. The van der Waals surface area contributed by atoms with Crippen molar-refractivity contribution in [2.45, 2.75) is 57.9 Å². The van der Waals surface area contributed by atoms with Gasteiger partial charge in [0, 0.05) is 37.0 Å². The fourth-order valence-corrected chi connectivity index (χ4v) is 5.78. The third-order valence-electron chi connectivity index (χ3n) is 6.56. The van der Waals surface area contributed by atoms with Crippen molar-refractivity contribution in [3.05, 3.63) is 101 Å². The molecule has 0 aliphatic carbocycles. The van der Waals surface area contributed by atoms with Gasteiger partial charge in [0.25, 0.3) is 0 Å². The van der Waals surface area contributed by atoms with Gasteiger partial charge in [0.1, 0.15) is 6.04 Å². The van der Waals surface area contributed by atoms with Crippen LogP contribution in [0.25, 0.3) is 0 Å². The van der Waals surface area contributed by atoms with E-state index in [1.807, 2.05) is 44.2 Å². The number of carbonyl (C=O) groups is 2. The van der Waals surface area contributed by atoms with Crippen molar-refractivity contribution in [1.82, 2.24) is 10.2 Å². The normalized spacial score (nSPS) is 12.6. The van der Waals surface area contributed by atoms with E-state index in [0.717, 1.165) is 34.3 Å². The Morgan fingerprint density at radius 2 is 1.58 bits per heavy atom. The second-order valence-electron chi connectivity index (χ2n) is 10.5. The summed E-state index contributed by atoms with van der Waals surface area (Å²) in [4.78, 5) is 28.7. The van der Waals surface area contributed by atoms with Crippen LogP contribution in [-0.2, 0) is 38.8 Å². The number of benzene rings is 3. The lowest BCUT2D eigenvalue weighted by Crippen LogP contribution is -2.51. The van der Waals surface area contributed by atoms with E-state index in [4.69, 9.17) is 11.6 Å². The largest absolute Gasteiger partial charge is 0.416 e. The van der Waals surface area contributed by atoms with E-state index in [-0.39, 0.29) is 50.0 Å². The minimum atomic E-state index is -4.65. The number of halogens is 4. The van der Waals surface area contributed by atoms with E-state index in [1.54, 1.807) is 24.3 Å². The van der Waals surface area contributed by atoms with Gasteiger partial charge in [-0.15, -0.1) is 0 Å². The highest BCUT2D eigenvalue weighted by atomic mass is 35.5. The van der Waals surface area contributed by atoms with Crippen LogP contribution in [0, 0.1) is 0 Å². The molecule has 0 aliphatic heterocycles. The molecule has 3 rings (SSSR count). The topological polar surface area (TPSA) is 86.8 Å². The Morgan fingerprint density at radius 3 is 2.19 bits per heavy atom. The number of nitrogens with one attached hydrogen (secondary N) is 1. The minimum Gasteiger partial charge on any atom is -0.352 e. The highest BCUT2D eigenvalue weighted by Crippen LogP contribution is 2.32. The Labute approximate surface area is 255 Å². The Kier molecular flexibility index (Phi) is 11.6. The second kappa shape index (κ2) is 14.7. The minimum absolute atomic E-state index is 0.00193. The van der Waals surface area contributed by atoms with Crippen molar-refractivity contribution < 1.29 is 31.2 Å².